The van der Waals surface area contributed by atoms with Gasteiger partial charge in [0, 0.05) is 0 Å². The molecular weight excluding hydrogens is 774 g/mol. The number of phosphoric acid groups is 4. The van der Waals surface area contributed by atoms with Crippen molar-refractivity contribution in [3.63, 3.8) is 0 Å². The van der Waals surface area contributed by atoms with Crippen molar-refractivity contribution < 1.29 is 115 Å². The molecule has 2 N–H and O–H groups in total. The Morgan fingerprint density at radius 1 is 0.578 bits per heavy atom. The van der Waals surface area contributed by atoms with Crippen LogP contribution in [-0.4, -0.2) is 175 Å². The van der Waals surface area contributed by atoms with E-state index in [2.05, 4.69) is 27.6 Å². The Bertz CT molecular complexity index is 1140. The summed E-state index contributed by atoms with van der Waals surface area (Å²) in [7, 11) is -22.3. The number of aliphatic hydroxyl groups excluding tert-OH is 2. The molecular formula is C12H10Mg5O24P4. The molecule has 2 heterocycles. The molecule has 0 bridgehead atoms. The number of ether oxygens (including phenoxy) is 2. The van der Waals surface area contributed by atoms with E-state index in [9.17, 15) is 87.4 Å². The van der Waals surface area contributed by atoms with Crippen molar-refractivity contribution in [2.75, 3.05) is 13.2 Å². The zero-order valence-electron chi connectivity index (χ0n) is 21.9. The van der Waals surface area contributed by atoms with E-state index in [0.717, 1.165) is 0 Å². The summed E-state index contributed by atoms with van der Waals surface area (Å²) >= 11 is 0. The molecule has 0 aromatic heterocycles. The molecule has 0 aromatic rings. The number of hydrogen-bond acceptors (Lipinski definition) is 24. The molecule has 45 heavy (non-hydrogen) atoms. The van der Waals surface area contributed by atoms with E-state index >= 15 is 0 Å². The quantitative estimate of drug-likeness (QED) is 0.105. The average Bonchev–Trinajstić information content (AvgIpc) is 3.18. The molecule has 0 aliphatic carbocycles. The minimum absolute atomic E-state index is 0. The van der Waals surface area contributed by atoms with Crippen molar-refractivity contribution in [2.45, 2.75) is 24.4 Å². The first-order chi connectivity index (χ1) is 17.8. The van der Waals surface area contributed by atoms with Gasteiger partial charge in [0.05, 0.1) is 28.9 Å². The second-order valence-corrected chi connectivity index (χ2v) is 11.2. The smallest absolute Gasteiger partial charge is 0.870 e. The third-order valence-electron chi connectivity index (χ3n) is 3.72. The summed E-state index contributed by atoms with van der Waals surface area (Å²) in [5, 5.41) is 41.4. The Hall–Kier alpha value is 1.89. The molecule has 4 atom stereocenters. The molecule has 232 valence electrons. The Labute approximate surface area is 330 Å². The van der Waals surface area contributed by atoms with Crippen LogP contribution >= 0.6 is 31.3 Å². The number of rotatable bonds is 12. The first kappa shape index (κ1) is 56.3. The van der Waals surface area contributed by atoms with E-state index in [0.29, 0.717) is 0 Å². The third-order valence-corrected chi connectivity index (χ3v) is 5.46. The zero-order chi connectivity index (χ0) is 31.4. The summed E-state index contributed by atoms with van der Waals surface area (Å²) in [6.07, 6.45) is -8.28. The van der Waals surface area contributed by atoms with E-state index < -0.39 is 104 Å². The number of carbonyl (C=O) groups is 2. The van der Waals surface area contributed by atoms with Gasteiger partial charge in [0.2, 0.25) is 11.5 Å². The van der Waals surface area contributed by atoms with Gasteiger partial charge in [-0.1, -0.05) is 0 Å². The van der Waals surface area contributed by atoms with Crippen molar-refractivity contribution in [3.8, 4) is 0 Å². The van der Waals surface area contributed by atoms with Gasteiger partial charge >= 0.3 is 127 Å². The maximum Gasteiger partial charge on any atom is 2.00 e. The number of aliphatic hydroxyl groups is 2. The van der Waals surface area contributed by atoms with E-state index in [1.807, 2.05) is 0 Å². The number of phosphoric ester groups is 4. The molecule has 2 rings (SSSR count). The second-order valence-electron chi connectivity index (χ2n) is 6.74. The van der Waals surface area contributed by atoms with Gasteiger partial charge in [-0.2, -0.15) is 0 Å². The number of hydrogen-bond donors (Lipinski definition) is 2. The predicted octanol–water partition coefficient (Wildman–Crippen LogP) is -12.8. The predicted molar refractivity (Wildman–Crippen MR) is 119 cm³/mol. The van der Waals surface area contributed by atoms with Crippen LogP contribution in [0, 0.1) is 0 Å². The maximum absolute atomic E-state index is 11.4. The van der Waals surface area contributed by atoms with Gasteiger partial charge in [0.15, 0.2) is 0 Å². The summed E-state index contributed by atoms with van der Waals surface area (Å²) in [4.78, 5) is 104. The fraction of sp³-hybridized carbons (Fsp3) is 0.500. The van der Waals surface area contributed by atoms with Crippen LogP contribution < -0.4 is 49.4 Å². The summed E-state index contributed by atoms with van der Waals surface area (Å²) < 4.78 is 63.6. The number of esters is 2. The largest absolute Gasteiger partial charge is 2.00 e. The Balaban J connectivity index is -0.000000213. The maximum atomic E-state index is 11.4. The van der Waals surface area contributed by atoms with Crippen LogP contribution in [0.1, 0.15) is 0 Å². The molecule has 0 amide bonds. The second kappa shape index (κ2) is 22.7. The molecule has 0 aromatic carbocycles. The monoisotopic (exact) mass is 782 g/mol. The summed E-state index contributed by atoms with van der Waals surface area (Å²) in [6.45, 7) is -2.43. The fourth-order valence-corrected chi connectivity index (χ4v) is 3.76. The third kappa shape index (κ3) is 21.7. The van der Waals surface area contributed by atoms with Gasteiger partial charge in [0.1, 0.15) is 40.1 Å². The van der Waals surface area contributed by atoms with Crippen LogP contribution in [0.25, 0.3) is 0 Å². The Morgan fingerprint density at radius 2 is 0.822 bits per heavy atom. The van der Waals surface area contributed by atoms with Crippen LogP contribution in [-0.2, 0) is 55.4 Å². The minimum Gasteiger partial charge on any atom is -0.870 e. The van der Waals surface area contributed by atoms with Gasteiger partial charge in [-0.05, 0) is 11.5 Å². The summed E-state index contributed by atoms with van der Waals surface area (Å²) in [6, 6.07) is 0. The molecule has 0 saturated carbocycles. The van der Waals surface area contributed by atoms with Crippen molar-refractivity contribution in [1.82, 2.24) is 0 Å². The van der Waals surface area contributed by atoms with Crippen LogP contribution in [0.4, 0.5) is 0 Å². The van der Waals surface area contributed by atoms with E-state index in [-0.39, 0.29) is 115 Å². The molecule has 0 saturated heterocycles. The molecule has 0 unspecified atom stereocenters. The molecule has 24 nitrogen and oxygen atoms in total. The van der Waals surface area contributed by atoms with Gasteiger partial charge in [-0.15, -0.1) is 0 Å². The standard InChI is InChI=1S/2C6H10O12P2.5Mg/c2*7-2(1-16-19(10,11)12)4-3(8)5(6(9)17-4)18-20(13,14)15;;;;;/h2*2,4,7-8H,1H2,(H2,10,11,12)(H2,13,14,15);;;;;/q;;5*+2/p-10/t2*2-,4+;;;;;/m00...../s1. The molecule has 33 heteroatoms. The van der Waals surface area contributed by atoms with Crippen LogP contribution in [0.2, 0.25) is 0 Å². The van der Waals surface area contributed by atoms with Crippen LogP contribution in [0.5, 0.6) is 0 Å². The van der Waals surface area contributed by atoms with Crippen molar-refractivity contribution in [3.05, 3.63) is 23.0 Å². The van der Waals surface area contributed by atoms with E-state index in [4.69, 9.17) is 0 Å². The minimum atomic E-state index is -5.70. The normalized spacial score (nSPS) is 19.4. The number of carbonyl (C=O) groups excluding carboxylic acids is 2. The molecule has 0 fully saturated rings. The van der Waals surface area contributed by atoms with Gasteiger partial charge in [-0.25, -0.2) is 9.59 Å². The van der Waals surface area contributed by atoms with Gasteiger partial charge < -0.3 is 105 Å². The molecule has 0 spiro atoms. The van der Waals surface area contributed by atoms with E-state index in [1.54, 1.807) is 0 Å². The first-order valence-electron chi connectivity index (χ1n) is 9.18. The van der Waals surface area contributed by atoms with Gasteiger partial charge in [-0.3, -0.25) is 0 Å². The zero-order valence-corrected chi connectivity index (χ0v) is 32.6. The fourth-order valence-electron chi connectivity index (χ4n) is 2.31. The SMILES string of the molecule is O=C1O[C@H]([C@@H](O)COP(=O)([O-])[O-])C([O-])=C1OP(=O)([O-])[O-].O=C1O[C@H]([C@@H](O)COP(=O)([O-])[O-])C([O-])=C1OP(=O)([O-])[O-].[Mg+2].[Mg+2].[Mg+2].[Mg+2].[Mg+2]. The molecule has 0 radical (unpaired) electrons. The molecule has 2 aliphatic rings. The Kier molecular flexibility index (Phi) is 28.3. The summed E-state index contributed by atoms with van der Waals surface area (Å²) in [5.41, 5.74) is 0. The van der Waals surface area contributed by atoms with Crippen LogP contribution in [0.15, 0.2) is 23.0 Å². The average molecular weight is 784 g/mol. The topological polar surface area (TPSA) is 429 Å². The van der Waals surface area contributed by atoms with E-state index in [1.165, 1.54) is 0 Å². The van der Waals surface area contributed by atoms with Gasteiger partial charge in [0.25, 0.3) is 0 Å². The van der Waals surface area contributed by atoms with Crippen molar-refractivity contribution >= 4 is 158 Å². The molecule has 2 aliphatic heterocycles. The first-order valence-corrected chi connectivity index (χ1v) is 15.0. The van der Waals surface area contributed by atoms with Crippen molar-refractivity contribution in [2.24, 2.45) is 0 Å². The van der Waals surface area contributed by atoms with Crippen LogP contribution in [0.3, 0.4) is 0 Å². The van der Waals surface area contributed by atoms with Crippen molar-refractivity contribution in [1.29, 1.82) is 0 Å². The Morgan fingerprint density at radius 3 is 1.02 bits per heavy atom. The number of cyclic esters (lactones) is 2. The summed E-state index contributed by atoms with van der Waals surface area (Å²) in [5.74, 6) is -9.25.